The van der Waals surface area contributed by atoms with Gasteiger partial charge >= 0.3 is 6.18 Å². The first-order valence-corrected chi connectivity index (χ1v) is 8.40. The van der Waals surface area contributed by atoms with Crippen molar-refractivity contribution in [3.63, 3.8) is 0 Å². The molecule has 9 heteroatoms. The quantitative estimate of drug-likeness (QED) is 0.719. The topological polar surface area (TPSA) is 77.1 Å². The predicted molar refractivity (Wildman–Crippen MR) is 95.7 cm³/mol. The van der Waals surface area contributed by atoms with E-state index in [0.29, 0.717) is 16.3 Å². The summed E-state index contributed by atoms with van der Waals surface area (Å²) in [6.45, 7) is 1.44. The van der Waals surface area contributed by atoms with E-state index >= 15 is 0 Å². The molecule has 2 aromatic heterocycles. The van der Waals surface area contributed by atoms with E-state index in [2.05, 4.69) is 10.5 Å². The normalized spacial score (nSPS) is 11.4. The maximum absolute atomic E-state index is 12.8. The lowest BCUT2D eigenvalue weighted by Gasteiger charge is -2.09. The number of amides is 1. The standard InChI is InChI=1S/C19H16F3N3O3/c1-2-12-5-7-13(8-6-12)15-10-17(28-24-15)23-16(26)11-25-9-3-4-14(18(25)27)19(20,21)22/h3-10H,2,11H2,1H3,(H,23,26). The van der Waals surface area contributed by atoms with Gasteiger partial charge in [0.2, 0.25) is 11.8 Å². The number of rotatable bonds is 5. The van der Waals surface area contributed by atoms with E-state index in [-0.39, 0.29) is 5.88 Å². The van der Waals surface area contributed by atoms with Crippen LogP contribution in [0.3, 0.4) is 0 Å². The fourth-order valence-electron chi connectivity index (χ4n) is 2.59. The summed E-state index contributed by atoms with van der Waals surface area (Å²) in [5, 5.41) is 6.24. The number of nitrogens with one attached hydrogen (secondary N) is 1. The minimum absolute atomic E-state index is 0.0274. The van der Waals surface area contributed by atoms with Gasteiger partial charge in [0.05, 0.1) is 0 Å². The SMILES string of the molecule is CCc1ccc(-c2cc(NC(=O)Cn3cccc(C(F)(F)F)c3=O)on2)cc1. The van der Waals surface area contributed by atoms with Gasteiger partial charge in [-0.05, 0) is 24.1 Å². The van der Waals surface area contributed by atoms with Gasteiger partial charge in [-0.15, -0.1) is 0 Å². The van der Waals surface area contributed by atoms with Gasteiger partial charge in [0.1, 0.15) is 17.8 Å². The van der Waals surface area contributed by atoms with E-state index in [1.165, 1.54) is 6.07 Å². The highest BCUT2D eigenvalue weighted by Gasteiger charge is 2.34. The minimum Gasteiger partial charge on any atom is -0.338 e. The number of hydrogen-bond acceptors (Lipinski definition) is 4. The van der Waals surface area contributed by atoms with Gasteiger partial charge in [-0.1, -0.05) is 36.3 Å². The largest absolute Gasteiger partial charge is 0.421 e. The molecule has 1 aromatic carbocycles. The van der Waals surface area contributed by atoms with Crippen LogP contribution in [0.4, 0.5) is 19.1 Å². The van der Waals surface area contributed by atoms with Crippen LogP contribution < -0.4 is 10.9 Å². The van der Waals surface area contributed by atoms with Gasteiger partial charge < -0.3 is 9.09 Å². The molecule has 0 atom stereocenters. The summed E-state index contributed by atoms with van der Waals surface area (Å²) in [5.74, 6) is -0.690. The molecule has 0 aliphatic rings. The van der Waals surface area contributed by atoms with Crippen LogP contribution in [0.1, 0.15) is 18.1 Å². The smallest absolute Gasteiger partial charge is 0.338 e. The number of alkyl halides is 3. The Hall–Kier alpha value is -3.36. The molecule has 28 heavy (non-hydrogen) atoms. The maximum Gasteiger partial charge on any atom is 0.421 e. The highest BCUT2D eigenvalue weighted by molar-refractivity contribution is 5.89. The molecule has 0 fully saturated rings. The van der Waals surface area contributed by atoms with Crippen molar-refractivity contribution >= 4 is 11.8 Å². The van der Waals surface area contributed by atoms with Crippen LogP contribution in [-0.2, 0) is 23.9 Å². The molecule has 0 bridgehead atoms. The van der Waals surface area contributed by atoms with Crippen molar-refractivity contribution in [2.45, 2.75) is 26.1 Å². The van der Waals surface area contributed by atoms with E-state index in [0.717, 1.165) is 29.8 Å². The van der Waals surface area contributed by atoms with Crippen molar-refractivity contribution in [2.75, 3.05) is 5.32 Å². The fraction of sp³-hybridized carbons (Fsp3) is 0.211. The molecule has 1 amide bonds. The first-order valence-electron chi connectivity index (χ1n) is 8.40. The Balaban J connectivity index is 1.71. The van der Waals surface area contributed by atoms with E-state index in [4.69, 9.17) is 4.52 Å². The Morgan fingerprint density at radius 3 is 2.57 bits per heavy atom. The van der Waals surface area contributed by atoms with E-state index in [9.17, 15) is 22.8 Å². The van der Waals surface area contributed by atoms with Gasteiger partial charge in [-0.2, -0.15) is 13.2 Å². The van der Waals surface area contributed by atoms with E-state index < -0.39 is 29.8 Å². The van der Waals surface area contributed by atoms with Crippen LogP contribution in [0.15, 0.2) is 58.0 Å². The fourth-order valence-corrected chi connectivity index (χ4v) is 2.59. The van der Waals surface area contributed by atoms with Gasteiger partial charge in [0.25, 0.3) is 5.56 Å². The third kappa shape index (κ3) is 4.30. The van der Waals surface area contributed by atoms with Crippen LogP contribution in [0.25, 0.3) is 11.3 Å². The first-order chi connectivity index (χ1) is 13.3. The van der Waals surface area contributed by atoms with Crippen molar-refractivity contribution in [1.29, 1.82) is 0 Å². The molecule has 0 aliphatic carbocycles. The van der Waals surface area contributed by atoms with Crippen LogP contribution in [0.2, 0.25) is 0 Å². The Kier molecular flexibility index (Phi) is 5.34. The number of aromatic nitrogens is 2. The number of hydrogen-bond donors (Lipinski definition) is 1. The number of halogens is 3. The molecule has 3 rings (SSSR count). The summed E-state index contributed by atoms with van der Waals surface area (Å²) in [4.78, 5) is 24.0. The average molecular weight is 391 g/mol. The van der Waals surface area contributed by atoms with Crippen LogP contribution in [-0.4, -0.2) is 15.6 Å². The monoisotopic (exact) mass is 391 g/mol. The van der Waals surface area contributed by atoms with Crippen molar-refractivity contribution in [2.24, 2.45) is 0 Å². The van der Waals surface area contributed by atoms with E-state index in [1.54, 1.807) is 0 Å². The number of carbonyl (C=O) groups is 1. The second-order valence-electron chi connectivity index (χ2n) is 6.03. The lowest BCUT2D eigenvalue weighted by Crippen LogP contribution is -2.31. The maximum atomic E-state index is 12.8. The molecule has 0 aliphatic heterocycles. The third-order valence-electron chi connectivity index (χ3n) is 4.07. The summed E-state index contributed by atoms with van der Waals surface area (Å²) < 4.78 is 44.1. The first kappa shape index (κ1) is 19.4. The summed E-state index contributed by atoms with van der Waals surface area (Å²) >= 11 is 0. The van der Waals surface area contributed by atoms with Crippen molar-refractivity contribution in [1.82, 2.24) is 9.72 Å². The lowest BCUT2D eigenvalue weighted by molar-refractivity contribution is -0.139. The molecule has 1 N–H and O–H groups in total. The lowest BCUT2D eigenvalue weighted by atomic mass is 10.1. The van der Waals surface area contributed by atoms with Crippen LogP contribution in [0, 0.1) is 0 Å². The summed E-state index contributed by atoms with van der Waals surface area (Å²) in [7, 11) is 0. The zero-order valence-corrected chi connectivity index (χ0v) is 14.8. The number of aryl methyl sites for hydroxylation is 1. The number of benzene rings is 1. The highest BCUT2D eigenvalue weighted by Crippen LogP contribution is 2.26. The van der Waals surface area contributed by atoms with Crippen molar-refractivity contribution in [3.05, 3.63) is 70.1 Å². The molecule has 0 radical (unpaired) electrons. The summed E-state index contributed by atoms with van der Waals surface area (Å²) in [6, 6.07) is 10.8. The second kappa shape index (κ2) is 7.71. The number of anilines is 1. The van der Waals surface area contributed by atoms with Crippen molar-refractivity contribution in [3.8, 4) is 11.3 Å². The summed E-state index contributed by atoms with van der Waals surface area (Å²) in [5.41, 5.74) is -0.184. The molecule has 6 nitrogen and oxygen atoms in total. The number of pyridine rings is 1. The highest BCUT2D eigenvalue weighted by atomic mass is 19.4. The van der Waals surface area contributed by atoms with Gasteiger partial charge in [-0.25, -0.2) is 0 Å². The molecule has 3 aromatic rings. The number of carbonyl (C=O) groups excluding carboxylic acids is 1. The minimum atomic E-state index is -4.79. The zero-order valence-electron chi connectivity index (χ0n) is 14.8. The van der Waals surface area contributed by atoms with Gasteiger partial charge in [0.15, 0.2) is 0 Å². The summed E-state index contributed by atoms with van der Waals surface area (Å²) in [6.07, 6.45) is -2.78. The third-order valence-corrected chi connectivity index (χ3v) is 4.07. The molecule has 0 saturated carbocycles. The Bertz CT molecular complexity index is 1040. The predicted octanol–water partition coefficient (Wildman–Crippen LogP) is 3.72. The molecule has 0 saturated heterocycles. The van der Waals surface area contributed by atoms with Crippen LogP contribution >= 0.6 is 0 Å². The molecular formula is C19H16F3N3O3. The molecular weight excluding hydrogens is 375 g/mol. The van der Waals surface area contributed by atoms with Gasteiger partial charge in [0, 0.05) is 17.8 Å². The van der Waals surface area contributed by atoms with Gasteiger partial charge in [-0.3, -0.25) is 14.9 Å². The molecule has 0 unspecified atom stereocenters. The zero-order chi connectivity index (χ0) is 20.3. The Labute approximate surface area is 157 Å². The van der Waals surface area contributed by atoms with Crippen molar-refractivity contribution < 1.29 is 22.5 Å². The second-order valence-corrected chi connectivity index (χ2v) is 6.03. The molecule has 146 valence electrons. The Morgan fingerprint density at radius 1 is 1.21 bits per heavy atom. The van der Waals surface area contributed by atoms with Crippen LogP contribution in [0.5, 0.6) is 0 Å². The molecule has 2 heterocycles. The average Bonchev–Trinajstić information content (AvgIpc) is 3.11. The Morgan fingerprint density at radius 2 is 1.93 bits per heavy atom. The molecule has 0 spiro atoms. The number of nitrogens with zero attached hydrogens (tertiary/aromatic N) is 2. The van der Waals surface area contributed by atoms with E-state index in [1.807, 2.05) is 31.2 Å².